The Morgan fingerprint density at radius 2 is 1.60 bits per heavy atom. The Kier molecular flexibility index (Phi) is 5.12. The zero-order chi connectivity index (χ0) is 17.9. The molecular weight excluding hydrogens is 321 g/mol. The number of halogens is 3. The lowest BCUT2D eigenvalue weighted by atomic mass is 9.83. The van der Waals surface area contributed by atoms with Gasteiger partial charge in [-0.05, 0) is 47.3 Å². The fourth-order valence-corrected chi connectivity index (χ4v) is 3.19. The standard InChI is InChI=1S/C22H21F3/c1-2-3-13-22(25)20(23)14-17(15-21(22)24)19-12-8-7-11-18(19)16-9-5-4-6-10-16/h4-12,14-15,20H,2-3,13H2,1H3. The zero-order valence-corrected chi connectivity index (χ0v) is 14.2. The summed E-state index contributed by atoms with van der Waals surface area (Å²) in [5.41, 5.74) is 0.358. The summed E-state index contributed by atoms with van der Waals surface area (Å²) in [7, 11) is 0. The van der Waals surface area contributed by atoms with E-state index in [9.17, 15) is 13.2 Å². The van der Waals surface area contributed by atoms with Gasteiger partial charge in [-0.15, -0.1) is 0 Å². The molecule has 0 fully saturated rings. The molecule has 0 bridgehead atoms. The van der Waals surface area contributed by atoms with Gasteiger partial charge in [0.25, 0.3) is 0 Å². The summed E-state index contributed by atoms with van der Waals surface area (Å²) < 4.78 is 43.8. The molecule has 0 N–H and O–H groups in total. The molecule has 0 aliphatic heterocycles. The van der Waals surface area contributed by atoms with Gasteiger partial charge in [-0.3, -0.25) is 0 Å². The van der Waals surface area contributed by atoms with Crippen LogP contribution in [0.25, 0.3) is 16.7 Å². The number of hydrogen-bond donors (Lipinski definition) is 0. The highest BCUT2D eigenvalue weighted by Gasteiger charge is 2.45. The molecule has 130 valence electrons. The Labute approximate surface area is 146 Å². The molecule has 2 unspecified atom stereocenters. The molecule has 1 aliphatic carbocycles. The van der Waals surface area contributed by atoms with Crippen molar-refractivity contribution in [2.24, 2.45) is 0 Å². The maximum atomic E-state index is 14.8. The van der Waals surface area contributed by atoms with Crippen molar-refractivity contribution in [3.63, 3.8) is 0 Å². The number of benzene rings is 2. The summed E-state index contributed by atoms with van der Waals surface area (Å²) in [5.74, 6) is -1.02. The van der Waals surface area contributed by atoms with E-state index in [1.165, 1.54) is 6.08 Å². The SMILES string of the molecule is CCCCC1(F)C(F)=CC(c2ccccc2-c2ccccc2)=CC1F. The predicted molar refractivity (Wildman–Crippen MR) is 97.3 cm³/mol. The Hall–Kier alpha value is -2.29. The van der Waals surface area contributed by atoms with Gasteiger partial charge in [-0.1, -0.05) is 67.9 Å². The fourth-order valence-electron chi connectivity index (χ4n) is 3.19. The molecule has 0 radical (unpaired) electrons. The molecule has 1 aliphatic rings. The van der Waals surface area contributed by atoms with E-state index in [4.69, 9.17) is 0 Å². The number of alkyl halides is 2. The van der Waals surface area contributed by atoms with E-state index >= 15 is 0 Å². The minimum Gasteiger partial charge on any atom is -0.239 e. The Morgan fingerprint density at radius 1 is 0.960 bits per heavy atom. The van der Waals surface area contributed by atoms with Crippen LogP contribution >= 0.6 is 0 Å². The molecule has 0 saturated heterocycles. The van der Waals surface area contributed by atoms with E-state index in [0.29, 0.717) is 24.0 Å². The highest BCUT2D eigenvalue weighted by Crippen LogP contribution is 2.42. The van der Waals surface area contributed by atoms with Gasteiger partial charge in [0.2, 0.25) is 0 Å². The maximum Gasteiger partial charge on any atom is 0.196 e. The Bertz CT molecular complexity index is 792. The van der Waals surface area contributed by atoms with Crippen LogP contribution < -0.4 is 0 Å². The van der Waals surface area contributed by atoms with Crippen molar-refractivity contribution >= 4 is 5.57 Å². The second-order valence-corrected chi connectivity index (χ2v) is 6.39. The summed E-state index contributed by atoms with van der Waals surface area (Å²) in [6.07, 6.45) is 1.37. The zero-order valence-electron chi connectivity index (χ0n) is 14.2. The minimum absolute atomic E-state index is 0.142. The van der Waals surface area contributed by atoms with Gasteiger partial charge in [-0.25, -0.2) is 13.2 Å². The van der Waals surface area contributed by atoms with Crippen molar-refractivity contribution in [2.75, 3.05) is 0 Å². The molecule has 2 aromatic carbocycles. The molecule has 25 heavy (non-hydrogen) atoms. The van der Waals surface area contributed by atoms with Gasteiger partial charge in [0.15, 0.2) is 11.8 Å². The summed E-state index contributed by atoms with van der Waals surface area (Å²) in [4.78, 5) is 0. The van der Waals surface area contributed by atoms with Crippen LogP contribution in [-0.2, 0) is 0 Å². The van der Waals surface area contributed by atoms with E-state index in [0.717, 1.165) is 17.2 Å². The lowest BCUT2D eigenvalue weighted by Gasteiger charge is -2.30. The maximum absolute atomic E-state index is 14.8. The lowest BCUT2D eigenvalue weighted by Crippen LogP contribution is -2.36. The van der Waals surface area contributed by atoms with Crippen LogP contribution in [0.1, 0.15) is 31.7 Å². The number of unbranched alkanes of at least 4 members (excludes halogenated alkanes) is 1. The van der Waals surface area contributed by atoms with Crippen LogP contribution in [-0.4, -0.2) is 11.8 Å². The second kappa shape index (κ2) is 7.30. The highest BCUT2D eigenvalue weighted by molar-refractivity contribution is 5.86. The average molecular weight is 342 g/mol. The van der Waals surface area contributed by atoms with E-state index in [2.05, 4.69) is 0 Å². The molecule has 0 amide bonds. The number of allylic oxidation sites excluding steroid dienone is 4. The first-order valence-electron chi connectivity index (χ1n) is 8.63. The van der Waals surface area contributed by atoms with E-state index in [1.54, 1.807) is 0 Å². The van der Waals surface area contributed by atoms with Gasteiger partial charge >= 0.3 is 0 Å². The molecule has 0 heterocycles. The smallest absolute Gasteiger partial charge is 0.196 e. The molecule has 0 saturated carbocycles. The highest BCUT2D eigenvalue weighted by atomic mass is 19.2. The van der Waals surface area contributed by atoms with Crippen LogP contribution in [0, 0.1) is 0 Å². The van der Waals surface area contributed by atoms with E-state index in [1.807, 2.05) is 61.5 Å². The first kappa shape index (κ1) is 17.5. The second-order valence-electron chi connectivity index (χ2n) is 6.39. The average Bonchev–Trinajstić information content (AvgIpc) is 2.65. The summed E-state index contributed by atoms with van der Waals surface area (Å²) in [6.45, 7) is 1.87. The van der Waals surface area contributed by atoms with Crippen molar-refractivity contribution < 1.29 is 13.2 Å². The molecule has 3 rings (SSSR count). The Balaban J connectivity index is 2.01. The molecule has 2 aromatic rings. The fraction of sp³-hybridized carbons (Fsp3) is 0.273. The molecule has 0 spiro atoms. The molecule has 0 nitrogen and oxygen atoms in total. The van der Waals surface area contributed by atoms with Crippen molar-refractivity contribution in [1.82, 2.24) is 0 Å². The monoisotopic (exact) mass is 342 g/mol. The third kappa shape index (κ3) is 3.41. The van der Waals surface area contributed by atoms with Crippen LogP contribution in [0.5, 0.6) is 0 Å². The molecule has 3 heteroatoms. The van der Waals surface area contributed by atoms with E-state index < -0.39 is 17.7 Å². The number of hydrogen-bond acceptors (Lipinski definition) is 0. The van der Waals surface area contributed by atoms with Gasteiger partial charge in [-0.2, -0.15) is 0 Å². The van der Waals surface area contributed by atoms with Crippen LogP contribution in [0.2, 0.25) is 0 Å². The van der Waals surface area contributed by atoms with Crippen LogP contribution in [0.4, 0.5) is 13.2 Å². The van der Waals surface area contributed by atoms with Crippen LogP contribution in [0.15, 0.2) is 72.6 Å². The normalized spacial score (nSPS) is 23.1. The molecule has 2 atom stereocenters. The van der Waals surface area contributed by atoms with Crippen molar-refractivity contribution in [2.45, 2.75) is 38.0 Å². The molecule has 0 aromatic heterocycles. The van der Waals surface area contributed by atoms with Crippen molar-refractivity contribution in [1.29, 1.82) is 0 Å². The van der Waals surface area contributed by atoms with E-state index in [-0.39, 0.29) is 6.42 Å². The predicted octanol–water partition coefficient (Wildman–Crippen LogP) is 6.84. The van der Waals surface area contributed by atoms with Gasteiger partial charge < -0.3 is 0 Å². The molecular formula is C22H21F3. The lowest BCUT2D eigenvalue weighted by molar-refractivity contribution is 0.0766. The summed E-state index contributed by atoms with van der Waals surface area (Å²) in [5, 5.41) is 0. The quantitative estimate of drug-likeness (QED) is 0.558. The first-order chi connectivity index (χ1) is 12.1. The Morgan fingerprint density at radius 3 is 2.24 bits per heavy atom. The third-order valence-corrected chi connectivity index (χ3v) is 4.66. The van der Waals surface area contributed by atoms with Crippen molar-refractivity contribution in [3.05, 3.63) is 78.1 Å². The number of rotatable bonds is 5. The topological polar surface area (TPSA) is 0 Å². The van der Waals surface area contributed by atoms with Crippen molar-refractivity contribution in [3.8, 4) is 11.1 Å². The summed E-state index contributed by atoms with van der Waals surface area (Å²) in [6, 6.07) is 17.0. The largest absolute Gasteiger partial charge is 0.239 e. The summed E-state index contributed by atoms with van der Waals surface area (Å²) >= 11 is 0. The first-order valence-corrected chi connectivity index (χ1v) is 8.63. The third-order valence-electron chi connectivity index (χ3n) is 4.66. The minimum atomic E-state index is -2.54. The van der Waals surface area contributed by atoms with Gasteiger partial charge in [0, 0.05) is 0 Å². The van der Waals surface area contributed by atoms with Crippen LogP contribution in [0.3, 0.4) is 0 Å². The van der Waals surface area contributed by atoms with Gasteiger partial charge in [0.05, 0.1) is 0 Å². The van der Waals surface area contributed by atoms with Gasteiger partial charge in [0.1, 0.15) is 5.83 Å².